The van der Waals surface area contributed by atoms with Gasteiger partial charge in [0.1, 0.15) is 36.6 Å². The molecule has 0 radical (unpaired) electrons. The van der Waals surface area contributed by atoms with Crippen molar-refractivity contribution in [1.29, 1.82) is 0 Å². The molecule has 0 spiro atoms. The Kier molecular flexibility index (Phi) is 31.5. The Hall–Kier alpha value is -0.700. The molecule has 0 bridgehead atoms. The molecule has 8 unspecified atom stereocenters. The third-order valence-electron chi connectivity index (χ3n) is 11.2. The summed E-state index contributed by atoms with van der Waals surface area (Å²) in [6.07, 6.45) is 17.4. The SMILES string of the molecule is CCCCCCCCCCCCCCCCCCCCC(O)C(COP(=O)(O)OC1C(O)C(O)C(O)C(O)C1O)NC(=O)CC(O)CCCCCCCCCC. The van der Waals surface area contributed by atoms with Gasteiger partial charge in [-0.3, -0.25) is 13.8 Å². The number of carbonyl (C=O) groups is 1. The van der Waals surface area contributed by atoms with E-state index >= 15 is 0 Å². The van der Waals surface area contributed by atoms with Crippen molar-refractivity contribution in [3.63, 3.8) is 0 Å². The van der Waals surface area contributed by atoms with Crippen LogP contribution in [0.4, 0.5) is 0 Å². The van der Waals surface area contributed by atoms with Crippen LogP contribution >= 0.6 is 7.82 Å². The fourth-order valence-corrected chi connectivity index (χ4v) is 8.45. The lowest BCUT2D eigenvalue weighted by Gasteiger charge is -2.41. The van der Waals surface area contributed by atoms with Crippen LogP contribution in [0.15, 0.2) is 0 Å². The molecule has 0 heterocycles. The highest BCUT2D eigenvalue weighted by atomic mass is 31.2. The summed E-state index contributed by atoms with van der Waals surface area (Å²) >= 11 is 0. The summed E-state index contributed by atoms with van der Waals surface area (Å²) in [6, 6.07) is -1.15. The van der Waals surface area contributed by atoms with E-state index in [9.17, 15) is 50.0 Å². The first-order valence-corrected chi connectivity index (χ1v) is 24.1. The van der Waals surface area contributed by atoms with Gasteiger partial charge in [-0.1, -0.05) is 181 Å². The van der Waals surface area contributed by atoms with Gasteiger partial charge in [0.05, 0.1) is 31.3 Å². The van der Waals surface area contributed by atoms with Crippen molar-refractivity contribution in [2.24, 2.45) is 0 Å². The Morgan fingerprint density at radius 2 is 0.893 bits per heavy atom. The van der Waals surface area contributed by atoms with Gasteiger partial charge in [0, 0.05) is 0 Å². The van der Waals surface area contributed by atoms with Crippen molar-refractivity contribution in [2.75, 3.05) is 6.61 Å². The largest absolute Gasteiger partial charge is 0.472 e. The maximum absolute atomic E-state index is 12.9. The molecule has 14 heteroatoms. The second-order valence-corrected chi connectivity index (χ2v) is 17.9. The number of nitrogens with one attached hydrogen (secondary N) is 1. The molecule has 8 atom stereocenters. The Bertz CT molecular complexity index is 979. The minimum Gasteiger partial charge on any atom is -0.393 e. The number of aliphatic hydroxyl groups is 7. The fourth-order valence-electron chi connectivity index (χ4n) is 7.48. The third-order valence-corrected chi connectivity index (χ3v) is 12.2. The average molecular weight is 826 g/mol. The van der Waals surface area contributed by atoms with Gasteiger partial charge in [-0.2, -0.15) is 0 Å². The molecule has 0 aromatic carbocycles. The third kappa shape index (κ3) is 25.0. The van der Waals surface area contributed by atoms with E-state index < -0.39 is 75.2 Å². The monoisotopic (exact) mass is 826 g/mol. The van der Waals surface area contributed by atoms with Crippen molar-refractivity contribution in [3.8, 4) is 0 Å². The first kappa shape index (κ1) is 53.3. The molecular weight excluding hydrogens is 741 g/mol. The van der Waals surface area contributed by atoms with Crippen molar-refractivity contribution in [2.45, 2.75) is 255 Å². The first-order chi connectivity index (χ1) is 26.8. The number of phosphoric acid groups is 1. The molecule has 334 valence electrons. The van der Waals surface area contributed by atoms with Gasteiger partial charge in [-0.25, -0.2) is 4.57 Å². The molecule has 1 saturated carbocycles. The standard InChI is InChI=1S/C42H84NO12P/c1-3-5-7-9-11-13-14-15-16-17-18-19-20-21-22-24-26-28-30-35(45)34(43-36(46)31-33(44)29-27-25-23-12-10-8-6-4-2)32-54-56(52,53)55-42-40(50)38(48)37(47)39(49)41(42)51/h33-35,37-42,44-45,47-51H,3-32H2,1-2H3,(H,43,46)(H,52,53). The summed E-state index contributed by atoms with van der Waals surface area (Å²) in [6.45, 7) is 3.75. The van der Waals surface area contributed by atoms with Crippen LogP contribution in [0, 0.1) is 0 Å². The lowest BCUT2D eigenvalue weighted by molar-refractivity contribution is -0.220. The number of unbranched alkanes of at least 4 members (excludes halogenated alkanes) is 24. The van der Waals surface area contributed by atoms with E-state index in [1.807, 2.05) is 0 Å². The zero-order valence-corrected chi connectivity index (χ0v) is 36.0. The van der Waals surface area contributed by atoms with Crippen LogP contribution in [0.3, 0.4) is 0 Å². The number of hydrogen-bond acceptors (Lipinski definition) is 11. The number of rotatable bonds is 37. The zero-order chi connectivity index (χ0) is 41.6. The number of phosphoric ester groups is 1. The van der Waals surface area contributed by atoms with Crippen molar-refractivity contribution >= 4 is 13.7 Å². The highest BCUT2D eigenvalue weighted by Crippen LogP contribution is 2.47. The molecule has 0 aromatic rings. The predicted octanol–water partition coefficient (Wildman–Crippen LogP) is 6.87. The molecule has 0 aromatic heterocycles. The van der Waals surface area contributed by atoms with Crippen LogP contribution in [0.25, 0.3) is 0 Å². The quantitative estimate of drug-likeness (QED) is 0.0231. The number of amides is 1. The molecule has 1 aliphatic rings. The van der Waals surface area contributed by atoms with E-state index in [2.05, 4.69) is 19.2 Å². The lowest BCUT2D eigenvalue weighted by atomic mass is 9.85. The van der Waals surface area contributed by atoms with Crippen molar-refractivity contribution in [3.05, 3.63) is 0 Å². The van der Waals surface area contributed by atoms with Crippen molar-refractivity contribution in [1.82, 2.24) is 5.32 Å². The van der Waals surface area contributed by atoms with Gasteiger partial charge in [-0.05, 0) is 12.8 Å². The Morgan fingerprint density at radius 3 is 1.29 bits per heavy atom. The van der Waals surface area contributed by atoms with Crippen LogP contribution in [0.5, 0.6) is 0 Å². The average Bonchev–Trinajstić information content (AvgIpc) is 3.17. The maximum atomic E-state index is 12.9. The smallest absolute Gasteiger partial charge is 0.393 e. The Balaban J connectivity index is 2.50. The molecule has 13 nitrogen and oxygen atoms in total. The maximum Gasteiger partial charge on any atom is 0.472 e. The first-order valence-electron chi connectivity index (χ1n) is 22.6. The van der Waals surface area contributed by atoms with Gasteiger partial charge in [0.15, 0.2) is 0 Å². The van der Waals surface area contributed by atoms with Crippen LogP contribution in [0.2, 0.25) is 0 Å². The highest BCUT2D eigenvalue weighted by Gasteiger charge is 2.51. The van der Waals surface area contributed by atoms with E-state index in [1.54, 1.807) is 0 Å². The molecule has 56 heavy (non-hydrogen) atoms. The van der Waals surface area contributed by atoms with Gasteiger partial charge in [0.25, 0.3) is 0 Å². The topological polar surface area (TPSA) is 226 Å². The normalized spacial score (nSPS) is 24.1. The summed E-state index contributed by atoms with van der Waals surface area (Å²) < 4.78 is 22.9. The van der Waals surface area contributed by atoms with Crippen LogP contribution in [0.1, 0.15) is 200 Å². The minimum absolute atomic E-state index is 0.217. The summed E-state index contributed by atoms with van der Waals surface area (Å²) in [5.41, 5.74) is 0. The summed E-state index contributed by atoms with van der Waals surface area (Å²) in [5, 5.41) is 74.4. The van der Waals surface area contributed by atoms with E-state index in [-0.39, 0.29) is 12.8 Å². The molecular formula is C42H84NO12P. The minimum atomic E-state index is -5.11. The Morgan fingerprint density at radius 1 is 0.554 bits per heavy atom. The van der Waals surface area contributed by atoms with Crippen LogP contribution in [-0.2, 0) is 18.4 Å². The molecule has 1 aliphatic carbocycles. The Labute approximate surface area is 339 Å². The number of aliphatic hydroxyl groups excluding tert-OH is 7. The van der Waals surface area contributed by atoms with E-state index in [1.165, 1.54) is 109 Å². The molecule has 1 rings (SSSR count). The second kappa shape index (κ2) is 33.1. The van der Waals surface area contributed by atoms with Gasteiger partial charge in [0.2, 0.25) is 5.91 Å². The van der Waals surface area contributed by atoms with Gasteiger partial charge >= 0.3 is 7.82 Å². The molecule has 1 amide bonds. The predicted molar refractivity (Wildman–Crippen MR) is 220 cm³/mol. The molecule has 9 N–H and O–H groups in total. The summed E-state index contributed by atoms with van der Waals surface area (Å²) in [4.78, 5) is 23.3. The van der Waals surface area contributed by atoms with E-state index in [4.69, 9.17) is 9.05 Å². The molecule has 0 aliphatic heterocycles. The van der Waals surface area contributed by atoms with E-state index in [0.29, 0.717) is 12.8 Å². The van der Waals surface area contributed by atoms with Crippen LogP contribution < -0.4 is 5.32 Å². The number of carbonyl (C=O) groups excluding carboxylic acids is 1. The van der Waals surface area contributed by atoms with Crippen LogP contribution in [-0.4, -0.2) is 108 Å². The molecule has 0 saturated heterocycles. The fraction of sp³-hybridized carbons (Fsp3) is 0.976. The summed E-state index contributed by atoms with van der Waals surface area (Å²) in [5.74, 6) is -0.561. The van der Waals surface area contributed by atoms with Gasteiger partial charge in [-0.15, -0.1) is 0 Å². The summed E-state index contributed by atoms with van der Waals surface area (Å²) in [7, 11) is -5.11. The molecule has 1 fully saturated rings. The van der Waals surface area contributed by atoms with Gasteiger partial charge < -0.3 is 46.0 Å². The number of hydrogen-bond donors (Lipinski definition) is 9. The van der Waals surface area contributed by atoms with E-state index in [0.717, 1.165) is 51.4 Å². The van der Waals surface area contributed by atoms with Crippen molar-refractivity contribution < 1.29 is 59.0 Å². The highest BCUT2D eigenvalue weighted by molar-refractivity contribution is 7.47. The zero-order valence-electron chi connectivity index (χ0n) is 35.1. The lowest BCUT2D eigenvalue weighted by Crippen LogP contribution is -2.64. The second-order valence-electron chi connectivity index (χ2n) is 16.4.